The number of nitrogens with one attached hydrogen (secondary N) is 1. The number of carbonyl (C=O) groups is 2. The highest BCUT2D eigenvalue weighted by Crippen LogP contribution is 2.02. The van der Waals surface area contributed by atoms with Crippen molar-refractivity contribution in [3.8, 4) is 0 Å². The van der Waals surface area contributed by atoms with Crippen molar-refractivity contribution in [2.45, 2.75) is 33.4 Å². The zero-order valence-corrected chi connectivity index (χ0v) is 10.3. The number of hydrogen-bond donors (Lipinski definition) is 1. The van der Waals surface area contributed by atoms with Gasteiger partial charge in [0.15, 0.2) is 6.10 Å². The van der Waals surface area contributed by atoms with Gasteiger partial charge >= 0.3 is 5.97 Å². The first-order valence-electron chi connectivity index (χ1n) is 5.49. The largest absolute Gasteiger partial charge is 0.453 e. The van der Waals surface area contributed by atoms with Crippen molar-refractivity contribution in [1.29, 1.82) is 0 Å². The van der Waals surface area contributed by atoms with Crippen molar-refractivity contribution >= 4 is 11.9 Å². The summed E-state index contributed by atoms with van der Waals surface area (Å²) < 4.78 is 4.77. The maximum Gasteiger partial charge on any atom is 0.303 e. The average molecular weight is 235 g/mol. The lowest BCUT2D eigenvalue weighted by Crippen LogP contribution is -2.34. The fourth-order valence-electron chi connectivity index (χ4n) is 1.34. The van der Waals surface area contributed by atoms with Gasteiger partial charge in [0, 0.05) is 13.5 Å². The minimum atomic E-state index is -0.752. The number of benzene rings is 1. The standard InChI is InChI=1S/C13H17NO3/c1-9-4-6-12(7-5-9)8-14-13(16)10(2)17-11(3)15/h4-7,10H,8H2,1-3H3,(H,14,16)/t10-/m1/s1. The van der Waals surface area contributed by atoms with E-state index < -0.39 is 12.1 Å². The summed E-state index contributed by atoms with van der Waals surface area (Å²) in [5, 5.41) is 2.71. The second kappa shape index (κ2) is 6.03. The lowest BCUT2D eigenvalue weighted by Gasteiger charge is -2.12. The van der Waals surface area contributed by atoms with E-state index in [0.717, 1.165) is 5.56 Å². The summed E-state index contributed by atoms with van der Waals surface area (Å²) in [4.78, 5) is 22.2. The van der Waals surface area contributed by atoms with Crippen molar-refractivity contribution in [1.82, 2.24) is 5.32 Å². The highest BCUT2D eigenvalue weighted by molar-refractivity contribution is 5.82. The van der Waals surface area contributed by atoms with Crippen LogP contribution in [-0.4, -0.2) is 18.0 Å². The van der Waals surface area contributed by atoms with E-state index in [1.807, 2.05) is 31.2 Å². The van der Waals surface area contributed by atoms with Gasteiger partial charge in [-0.3, -0.25) is 9.59 Å². The molecule has 0 saturated heterocycles. The molecule has 1 amide bonds. The number of aryl methyl sites for hydroxylation is 1. The Labute approximate surface area is 101 Å². The minimum Gasteiger partial charge on any atom is -0.453 e. The molecule has 1 atom stereocenters. The van der Waals surface area contributed by atoms with Crippen molar-refractivity contribution < 1.29 is 14.3 Å². The van der Waals surface area contributed by atoms with E-state index in [1.54, 1.807) is 6.92 Å². The monoisotopic (exact) mass is 235 g/mol. The Bertz CT molecular complexity index is 398. The van der Waals surface area contributed by atoms with E-state index in [0.29, 0.717) is 6.54 Å². The zero-order valence-electron chi connectivity index (χ0n) is 10.3. The highest BCUT2D eigenvalue weighted by Gasteiger charge is 2.14. The minimum absolute atomic E-state index is 0.291. The molecule has 1 aromatic carbocycles. The molecule has 0 aromatic heterocycles. The Morgan fingerprint density at radius 2 is 1.88 bits per heavy atom. The maximum atomic E-state index is 11.5. The van der Waals surface area contributed by atoms with Gasteiger partial charge < -0.3 is 10.1 Å². The van der Waals surface area contributed by atoms with E-state index in [4.69, 9.17) is 4.74 Å². The molecule has 0 bridgehead atoms. The number of ether oxygens (including phenoxy) is 1. The van der Waals surface area contributed by atoms with E-state index in [2.05, 4.69) is 5.32 Å². The third-order valence-corrected chi connectivity index (χ3v) is 2.30. The predicted octanol–water partition coefficient (Wildman–Crippen LogP) is 1.56. The molecule has 0 radical (unpaired) electrons. The Kier molecular flexibility index (Phi) is 4.69. The summed E-state index contributed by atoms with van der Waals surface area (Å²) in [5.74, 6) is -0.747. The molecule has 1 N–H and O–H groups in total. The molecule has 0 heterocycles. The van der Waals surface area contributed by atoms with Crippen molar-refractivity contribution in [3.63, 3.8) is 0 Å². The molecule has 4 heteroatoms. The lowest BCUT2D eigenvalue weighted by molar-refractivity contribution is -0.152. The van der Waals surface area contributed by atoms with Crippen LogP contribution in [0.5, 0.6) is 0 Å². The molecular formula is C13H17NO3. The van der Waals surface area contributed by atoms with E-state index >= 15 is 0 Å². The first kappa shape index (κ1) is 13.2. The maximum absolute atomic E-state index is 11.5. The van der Waals surface area contributed by atoms with Crippen molar-refractivity contribution in [2.24, 2.45) is 0 Å². The number of esters is 1. The summed E-state index contributed by atoms with van der Waals surface area (Å²) >= 11 is 0. The van der Waals surface area contributed by atoms with Gasteiger partial charge in [0.25, 0.3) is 5.91 Å². The molecule has 0 spiro atoms. The van der Waals surface area contributed by atoms with Crippen LogP contribution in [0.4, 0.5) is 0 Å². The van der Waals surface area contributed by atoms with Crippen LogP contribution in [0, 0.1) is 6.92 Å². The first-order valence-corrected chi connectivity index (χ1v) is 5.49. The summed E-state index contributed by atoms with van der Waals surface area (Å²) in [6, 6.07) is 7.87. The van der Waals surface area contributed by atoms with Gasteiger partial charge in [0.1, 0.15) is 0 Å². The molecule has 1 rings (SSSR count). The van der Waals surface area contributed by atoms with Gasteiger partial charge in [-0.05, 0) is 19.4 Å². The lowest BCUT2D eigenvalue weighted by atomic mass is 10.1. The zero-order chi connectivity index (χ0) is 12.8. The predicted molar refractivity (Wildman–Crippen MR) is 64.3 cm³/mol. The normalized spacial score (nSPS) is 11.7. The fraction of sp³-hybridized carbons (Fsp3) is 0.385. The molecular weight excluding hydrogens is 218 g/mol. The number of hydrogen-bond acceptors (Lipinski definition) is 3. The summed E-state index contributed by atoms with van der Waals surface area (Å²) in [6.45, 7) is 5.27. The van der Waals surface area contributed by atoms with E-state index in [1.165, 1.54) is 12.5 Å². The molecule has 0 unspecified atom stereocenters. The Hall–Kier alpha value is -1.84. The van der Waals surface area contributed by atoms with Crippen LogP contribution in [0.1, 0.15) is 25.0 Å². The van der Waals surface area contributed by atoms with Gasteiger partial charge in [-0.25, -0.2) is 0 Å². The summed E-state index contributed by atoms with van der Waals surface area (Å²) in [5.41, 5.74) is 2.19. The fourth-order valence-corrected chi connectivity index (χ4v) is 1.34. The molecule has 0 fully saturated rings. The van der Waals surface area contributed by atoms with Crippen LogP contribution in [0.25, 0.3) is 0 Å². The van der Waals surface area contributed by atoms with Crippen LogP contribution in [-0.2, 0) is 20.9 Å². The molecule has 17 heavy (non-hydrogen) atoms. The Morgan fingerprint density at radius 1 is 1.29 bits per heavy atom. The number of carbonyl (C=O) groups excluding carboxylic acids is 2. The second-order valence-electron chi connectivity index (χ2n) is 3.96. The van der Waals surface area contributed by atoms with Gasteiger partial charge in [-0.2, -0.15) is 0 Å². The molecule has 0 aliphatic rings. The SMILES string of the molecule is CC(=O)O[C@H](C)C(=O)NCc1ccc(C)cc1. The second-order valence-corrected chi connectivity index (χ2v) is 3.96. The van der Waals surface area contributed by atoms with Gasteiger partial charge in [-0.1, -0.05) is 29.8 Å². The van der Waals surface area contributed by atoms with Crippen LogP contribution >= 0.6 is 0 Å². The topological polar surface area (TPSA) is 55.4 Å². The van der Waals surface area contributed by atoms with Crippen LogP contribution in [0.15, 0.2) is 24.3 Å². The highest BCUT2D eigenvalue weighted by atomic mass is 16.5. The van der Waals surface area contributed by atoms with Crippen molar-refractivity contribution in [3.05, 3.63) is 35.4 Å². The molecule has 0 aliphatic carbocycles. The Balaban J connectivity index is 2.42. The first-order chi connectivity index (χ1) is 7.99. The van der Waals surface area contributed by atoms with Crippen LogP contribution in [0.2, 0.25) is 0 Å². The third-order valence-electron chi connectivity index (χ3n) is 2.30. The third kappa shape index (κ3) is 4.68. The molecule has 0 aliphatic heterocycles. The van der Waals surface area contributed by atoms with Crippen molar-refractivity contribution in [2.75, 3.05) is 0 Å². The smallest absolute Gasteiger partial charge is 0.303 e. The molecule has 1 aromatic rings. The van der Waals surface area contributed by atoms with E-state index in [9.17, 15) is 9.59 Å². The average Bonchev–Trinajstić information content (AvgIpc) is 2.27. The number of amides is 1. The Morgan fingerprint density at radius 3 is 2.41 bits per heavy atom. The van der Waals surface area contributed by atoms with Crippen LogP contribution < -0.4 is 5.32 Å². The van der Waals surface area contributed by atoms with Gasteiger partial charge in [0.2, 0.25) is 0 Å². The molecule has 4 nitrogen and oxygen atoms in total. The summed E-state index contributed by atoms with van der Waals surface area (Å²) in [6.07, 6.45) is -0.752. The summed E-state index contributed by atoms with van der Waals surface area (Å²) in [7, 11) is 0. The van der Waals surface area contributed by atoms with Gasteiger partial charge in [-0.15, -0.1) is 0 Å². The molecule has 0 saturated carbocycles. The van der Waals surface area contributed by atoms with E-state index in [-0.39, 0.29) is 5.91 Å². The van der Waals surface area contributed by atoms with Gasteiger partial charge in [0.05, 0.1) is 0 Å². The molecule has 92 valence electrons. The quantitative estimate of drug-likeness (QED) is 0.806. The van der Waals surface area contributed by atoms with Crippen LogP contribution in [0.3, 0.4) is 0 Å². The number of rotatable bonds is 4.